The Morgan fingerprint density at radius 3 is 2.50 bits per heavy atom. The highest BCUT2D eigenvalue weighted by molar-refractivity contribution is 6.03. The van der Waals surface area contributed by atoms with Crippen LogP contribution in [0.15, 0.2) is 46.8 Å². The first kappa shape index (κ1) is 21.8. The van der Waals surface area contributed by atoms with Gasteiger partial charge < -0.3 is 14.8 Å². The van der Waals surface area contributed by atoms with Gasteiger partial charge in [0.25, 0.3) is 0 Å². The van der Waals surface area contributed by atoms with E-state index in [0.717, 1.165) is 43.4 Å². The van der Waals surface area contributed by atoms with Crippen molar-refractivity contribution in [1.29, 1.82) is 0 Å². The normalized spacial score (nSPS) is 18.6. The average Bonchev–Trinajstić information content (AvgIpc) is 2.75. The Bertz CT molecular complexity index is 895. The van der Waals surface area contributed by atoms with Gasteiger partial charge in [0.05, 0.1) is 24.9 Å². The molecule has 0 amide bonds. The lowest BCUT2D eigenvalue weighted by Gasteiger charge is -2.34. The second-order valence-corrected chi connectivity index (χ2v) is 7.72. The highest BCUT2D eigenvalue weighted by Crippen LogP contribution is 2.42. The van der Waals surface area contributed by atoms with Crippen LogP contribution >= 0.6 is 0 Å². The van der Waals surface area contributed by atoms with Crippen LogP contribution in [0.25, 0.3) is 0 Å². The molecule has 1 N–H and O–H groups in total. The standard InChI is InChI=1S/C24H29NO5/c1-4-5-6-14-30-24(28)20-15(2)25-18-8-7-9-19(26)22(18)21(20)16-10-12-17(13-11-16)23(27)29-3/h10-13,21,25H,4-9,14H2,1-3H3. The number of unbranched alkanes of at least 4 members (excludes halogenated alkanes) is 2. The third-order valence-electron chi connectivity index (χ3n) is 5.64. The molecule has 3 rings (SSSR count). The van der Waals surface area contributed by atoms with E-state index in [1.807, 2.05) is 6.92 Å². The zero-order valence-corrected chi connectivity index (χ0v) is 17.9. The molecule has 1 unspecified atom stereocenters. The number of rotatable bonds is 7. The Morgan fingerprint density at radius 2 is 1.83 bits per heavy atom. The Kier molecular flexibility index (Phi) is 7.08. The van der Waals surface area contributed by atoms with E-state index >= 15 is 0 Å². The molecule has 6 heteroatoms. The molecule has 1 atom stereocenters. The summed E-state index contributed by atoms with van der Waals surface area (Å²) >= 11 is 0. The van der Waals surface area contributed by atoms with Crippen LogP contribution in [0.1, 0.15) is 74.2 Å². The summed E-state index contributed by atoms with van der Waals surface area (Å²) < 4.78 is 10.3. The first-order chi connectivity index (χ1) is 14.5. The van der Waals surface area contributed by atoms with Gasteiger partial charge in [-0.25, -0.2) is 9.59 Å². The largest absolute Gasteiger partial charge is 0.465 e. The lowest BCUT2D eigenvalue weighted by atomic mass is 9.75. The van der Waals surface area contributed by atoms with Crippen molar-refractivity contribution in [3.63, 3.8) is 0 Å². The number of hydrogen-bond donors (Lipinski definition) is 1. The van der Waals surface area contributed by atoms with Crippen LogP contribution in [0.5, 0.6) is 0 Å². The molecule has 1 aromatic rings. The second kappa shape index (κ2) is 9.74. The number of allylic oxidation sites excluding steroid dienone is 3. The SMILES string of the molecule is CCCCCOC(=O)C1=C(C)NC2=C(C(=O)CCC2)C1c1ccc(C(=O)OC)cc1. The predicted octanol–water partition coefficient (Wildman–Crippen LogP) is 4.17. The summed E-state index contributed by atoms with van der Waals surface area (Å²) in [6.45, 7) is 4.30. The fraction of sp³-hybridized carbons (Fsp3) is 0.458. The monoisotopic (exact) mass is 411 g/mol. The van der Waals surface area contributed by atoms with Gasteiger partial charge in [-0.15, -0.1) is 0 Å². The fourth-order valence-electron chi connectivity index (χ4n) is 4.11. The minimum atomic E-state index is -0.501. The van der Waals surface area contributed by atoms with Gasteiger partial charge in [0.15, 0.2) is 5.78 Å². The third kappa shape index (κ3) is 4.48. The Hall–Kier alpha value is -2.89. The predicted molar refractivity (Wildman–Crippen MR) is 113 cm³/mol. The van der Waals surface area contributed by atoms with Gasteiger partial charge in [0, 0.05) is 29.3 Å². The van der Waals surface area contributed by atoms with E-state index in [-0.39, 0.29) is 5.78 Å². The minimum absolute atomic E-state index is 0.0505. The molecule has 0 spiro atoms. The Labute approximate surface area is 177 Å². The van der Waals surface area contributed by atoms with Crippen molar-refractivity contribution in [1.82, 2.24) is 5.32 Å². The number of benzene rings is 1. The van der Waals surface area contributed by atoms with Crippen molar-refractivity contribution in [2.24, 2.45) is 0 Å². The van der Waals surface area contributed by atoms with E-state index in [0.29, 0.717) is 35.4 Å². The van der Waals surface area contributed by atoms with Gasteiger partial charge in [0.1, 0.15) is 0 Å². The third-order valence-corrected chi connectivity index (χ3v) is 5.64. The van der Waals surface area contributed by atoms with Gasteiger partial charge in [0.2, 0.25) is 0 Å². The van der Waals surface area contributed by atoms with Crippen LogP contribution in [0.3, 0.4) is 0 Å². The molecule has 0 bridgehead atoms. The molecular weight excluding hydrogens is 382 g/mol. The smallest absolute Gasteiger partial charge is 0.337 e. The van der Waals surface area contributed by atoms with Gasteiger partial charge in [-0.05, 0) is 43.9 Å². The van der Waals surface area contributed by atoms with Crippen molar-refractivity contribution >= 4 is 17.7 Å². The molecule has 6 nitrogen and oxygen atoms in total. The minimum Gasteiger partial charge on any atom is -0.465 e. The number of carbonyl (C=O) groups is 3. The summed E-state index contributed by atoms with van der Waals surface area (Å²) in [6.07, 6.45) is 4.88. The first-order valence-electron chi connectivity index (χ1n) is 10.6. The summed E-state index contributed by atoms with van der Waals surface area (Å²) in [6, 6.07) is 6.89. The maximum Gasteiger partial charge on any atom is 0.337 e. The first-order valence-corrected chi connectivity index (χ1v) is 10.6. The van der Waals surface area contributed by atoms with Crippen LogP contribution in [-0.4, -0.2) is 31.4 Å². The molecule has 0 aromatic heterocycles. The number of ketones is 1. The highest BCUT2D eigenvalue weighted by Gasteiger charge is 2.39. The van der Waals surface area contributed by atoms with Crippen LogP contribution in [0.2, 0.25) is 0 Å². The number of dihydropyridines is 1. The number of nitrogens with one attached hydrogen (secondary N) is 1. The number of ether oxygens (including phenoxy) is 2. The van der Waals surface area contributed by atoms with Gasteiger partial charge in [-0.2, -0.15) is 0 Å². The fourth-order valence-corrected chi connectivity index (χ4v) is 4.11. The zero-order chi connectivity index (χ0) is 21.7. The molecule has 0 fully saturated rings. The van der Waals surface area contributed by atoms with E-state index in [9.17, 15) is 14.4 Å². The molecule has 0 radical (unpaired) electrons. The summed E-state index contributed by atoms with van der Waals surface area (Å²) in [5.74, 6) is -1.28. The Balaban J connectivity index is 1.98. The van der Waals surface area contributed by atoms with E-state index in [4.69, 9.17) is 9.47 Å². The highest BCUT2D eigenvalue weighted by atomic mass is 16.5. The number of esters is 2. The Morgan fingerprint density at radius 1 is 1.10 bits per heavy atom. The molecule has 0 saturated carbocycles. The molecule has 1 aromatic carbocycles. The van der Waals surface area contributed by atoms with Crippen LogP contribution in [0, 0.1) is 0 Å². The van der Waals surface area contributed by atoms with Crippen LogP contribution in [0.4, 0.5) is 0 Å². The van der Waals surface area contributed by atoms with Gasteiger partial charge in [-0.1, -0.05) is 31.9 Å². The summed E-state index contributed by atoms with van der Waals surface area (Å²) in [4.78, 5) is 37.7. The number of hydrogen-bond acceptors (Lipinski definition) is 6. The molecule has 160 valence electrons. The molecular formula is C24H29NO5. The van der Waals surface area contributed by atoms with E-state index in [1.165, 1.54) is 7.11 Å². The van der Waals surface area contributed by atoms with E-state index in [1.54, 1.807) is 24.3 Å². The lowest BCUT2D eigenvalue weighted by molar-refractivity contribution is -0.139. The summed E-state index contributed by atoms with van der Waals surface area (Å²) in [7, 11) is 1.33. The molecule has 1 aliphatic carbocycles. The quantitative estimate of drug-likeness (QED) is 0.536. The van der Waals surface area contributed by atoms with E-state index < -0.39 is 17.9 Å². The van der Waals surface area contributed by atoms with Crippen molar-refractivity contribution in [2.75, 3.05) is 13.7 Å². The number of Topliss-reactive ketones (excluding diaryl/α,β-unsaturated/α-hetero) is 1. The van der Waals surface area contributed by atoms with Crippen molar-refractivity contribution in [3.8, 4) is 0 Å². The molecule has 2 aliphatic rings. The van der Waals surface area contributed by atoms with Crippen molar-refractivity contribution in [3.05, 3.63) is 57.9 Å². The maximum absolute atomic E-state index is 13.0. The summed E-state index contributed by atoms with van der Waals surface area (Å²) in [5.41, 5.74) is 3.90. The maximum atomic E-state index is 13.0. The zero-order valence-electron chi connectivity index (χ0n) is 17.9. The van der Waals surface area contributed by atoms with Crippen LogP contribution in [-0.2, 0) is 19.1 Å². The second-order valence-electron chi connectivity index (χ2n) is 7.72. The molecule has 1 aliphatic heterocycles. The van der Waals surface area contributed by atoms with Gasteiger partial charge >= 0.3 is 11.9 Å². The van der Waals surface area contributed by atoms with Crippen LogP contribution < -0.4 is 5.32 Å². The van der Waals surface area contributed by atoms with Gasteiger partial charge in [-0.3, -0.25) is 4.79 Å². The number of methoxy groups -OCH3 is 1. The molecule has 0 saturated heterocycles. The van der Waals surface area contributed by atoms with E-state index in [2.05, 4.69) is 12.2 Å². The topological polar surface area (TPSA) is 81.7 Å². The number of carbonyl (C=O) groups excluding carboxylic acids is 3. The van der Waals surface area contributed by atoms with Crippen molar-refractivity contribution in [2.45, 2.75) is 58.3 Å². The molecule has 30 heavy (non-hydrogen) atoms. The summed E-state index contributed by atoms with van der Waals surface area (Å²) in [5, 5.41) is 3.28. The molecule has 1 heterocycles. The average molecular weight is 411 g/mol. The lowest BCUT2D eigenvalue weighted by Crippen LogP contribution is -2.34. The van der Waals surface area contributed by atoms with Crippen molar-refractivity contribution < 1.29 is 23.9 Å².